The molecule has 0 N–H and O–H groups in total. The molecule has 1 aromatic carbocycles. The largest absolute Gasteiger partial charge is 0.481 e. The second-order valence-corrected chi connectivity index (χ2v) is 5.92. The summed E-state index contributed by atoms with van der Waals surface area (Å²) in [6.07, 6.45) is 2.71. The van der Waals surface area contributed by atoms with E-state index < -0.39 is 17.7 Å². The molecule has 1 atom stereocenters. The molecule has 0 fully saturated rings. The minimum absolute atomic E-state index is 0.0475. The highest BCUT2D eigenvalue weighted by atomic mass is 19.2. The third kappa shape index (κ3) is 4.31. The summed E-state index contributed by atoms with van der Waals surface area (Å²) in [5.74, 6) is -2.09. The van der Waals surface area contributed by atoms with Crippen molar-refractivity contribution in [2.75, 3.05) is 0 Å². The summed E-state index contributed by atoms with van der Waals surface area (Å²) in [6.45, 7) is 5.79. The molecule has 1 heterocycles. The van der Waals surface area contributed by atoms with E-state index in [-0.39, 0.29) is 17.7 Å². The van der Waals surface area contributed by atoms with Gasteiger partial charge in [-0.3, -0.25) is 9.48 Å². The van der Waals surface area contributed by atoms with E-state index in [4.69, 9.17) is 4.74 Å². The first kappa shape index (κ1) is 17.9. The standard InChI is InChI=1S/C17H21F2N3O2/c1-11(2)22(10-13-8-20-21(4)9-13)17(23)12(3)24-14-5-6-15(18)16(19)7-14/h5-9,11-12H,10H2,1-4H3/t12-/m1/s1. The number of aryl methyl sites for hydroxylation is 1. The highest BCUT2D eigenvalue weighted by molar-refractivity contribution is 5.81. The fourth-order valence-corrected chi connectivity index (χ4v) is 2.30. The predicted molar refractivity (Wildman–Crippen MR) is 85.3 cm³/mol. The van der Waals surface area contributed by atoms with Crippen molar-refractivity contribution >= 4 is 5.91 Å². The van der Waals surface area contributed by atoms with E-state index in [0.717, 1.165) is 17.7 Å². The Morgan fingerprint density at radius 3 is 2.54 bits per heavy atom. The van der Waals surface area contributed by atoms with Crippen LogP contribution in [0.25, 0.3) is 0 Å². The van der Waals surface area contributed by atoms with Crippen LogP contribution in [0.5, 0.6) is 5.75 Å². The number of amides is 1. The Morgan fingerprint density at radius 2 is 2.00 bits per heavy atom. The molecule has 0 aliphatic heterocycles. The van der Waals surface area contributed by atoms with Gasteiger partial charge in [-0.2, -0.15) is 5.10 Å². The Bertz CT molecular complexity index is 716. The molecule has 0 saturated heterocycles. The van der Waals surface area contributed by atoms with E-state index in [2.05, 4.69) is 5.10 Å². The highest BCUT2D eigenvalue weighted by Crippen LogP contribution is 2.18. The number of hydrogen-bond donors (Lipinski definition) is 0. The van der Waals surface area contributed by atoms with Gasteiger partial charge < -0.3 is 9.64 Å². The van der Waals surface area contributed by atoms with E-state index >= 15 is 0 Å². The second-order valence-electron chi connectivity index (χ2n) is 5.92. The van der Waals surface area contributed by atoms with E-state index in [1.165, 1.54) is 6.07 Å². The summed E-state index contributed by atoms with van der Waals surface area (Å²) in [4.78, 5) is 14.3. The van der Waals surface area contributed by atoms with Crippen molar-refractivity contribution in [3.05, 3.63) is 47.8 Å². The number of carbonyl (C=O) groups excluding carboxylic acids is 1. The summed E-state index contributed by atoms with van der Waals surface area (Å²) in [6, 6.07) is 3.15. The molecule has 0 saturated carbocycles. The summed E-state index contributed by atoms with van der Waals surface area (Å²) >= 11 is 0. The van der Waals surface area contributed by atoms with Gasteiger partial charge in [0.05, 0.1) is 6.20 Å². The number of carbonyl (C=O) groups is 1. The van der Waals surface area contributed by atoms with Gasteiger partial charge in [0.15, 0.2) is 17.7 Å². The molecule has 1 amide bonds. The smallest absolute Gasteiger partial charge is 0.263 e. The van der Waals surface area contributed by atoms with Crippen LogP contribution in [0.3, 0.4) is 0 Å². The van der Waals surface area contributed by atoms with Crippen LogP contribution in [0.15, 0.2) is 30.6 Å². The molecule has 5 nitrogen and oxygen atoms in total. The molecule has 0 spiro atoms. The Balaban J connectivity index is 2.08. The van der Waals surface area contributed by atoms with Crippen LogP contribution in [-0.2, 0) is 18.4 Å². The second kappa shape index (κ2) is 7.42. The molecule has 0 bridgehead atoms. The molecule has 0 unspecified atom stereocenters. The average Bonchev–Trinajstić information content (AvgIpc) is 2.93. The molecular formula is C17H21F2N3O2. The topological polar surface area (TPSA) is 47.4 Å². The number of nitrogens with zero attached hydrogens (tertiary/aromatic N) is 3. The van der Waals surface area contributed by atoms with Crippen molar-refractivity contribution in [3.8, 4) is 5.75 Å². The van der Waals surface area contributed by atoms with E-state index in [9.17, 15) is 13.6 Å². The number of halogens is 2. The van der Waals surface area contributed by atoms with Crippen molar-refractivity contribution in [1.29, 1.82) is 0 Å². The number of hydrogen-bond acceptors (Lipinski definition) is 3. The number of benzene rings is 1. The van der Waals surface area contributed by atoms with Crippen molar-refractivity contribution in [2.45, 2.75) is 39.5 Å². The Morgan fingerprint density at radius 1 is 1.29 bits per heavy atom. The lowest BCUT2D eigenvalue weighted by atomic mass is 10.2. The Labute approximate surface area is 139 Å². The van der Waals surface area contributed by atoms with E-state index in [0.29, 0.717) is 6.54 Å². The minimum Gasteiger partial charge on any atom is -0.481 e. The van der Waals surface area contributed by atoms with Gasteiger partial charge in [0, 0.05) is 37.5 Å². The predicted octanol–water partition coefficient (Wildman–Crippen LogP) is 2.90. The third-order valence-corrected chi connectivity index (χ3v) is 3.57. The zero-order valence-electron chi connectivity index (χ0n) is 14.2. The van der Waals surface area contributed by atoms with Crippen molar-refractivity contribution in [3.63, 3.8) is 0 Å². The summed E-state index contributed by atoms with van der Waals surface area (Å²) in [5.41, 5.74) is 0.902. The quantitative estimate of drug-likeness (QED) is 0.814. The lowest BCUT2D eigenvalue weighted by Crippen LogP contribution is -2.43. The maximum atomic E-state index is 13.2. The molecule has 0 radical (unpaired) electrons. The van der Waals surface area contributed by atoms with Gasteiger partial charge in [0.25, 0.3) is 5.91 Å². The number of ether oxygens (including phenoxy) is 1. The molecule has 0 aliphatic rings. The van der Waals surface area contributed by atoms with Gasteiger partial charge in [-0.05, 0) is 32.9 Å². The third-order valence-electron chi connectivity index (χ3n) is 3.57. The molecule has 2 aromatic rings. The van der Waals surface area contributed by atoms with E-state index in [1.807, 2.05) is 20.0 Å². The number of rotatable bonds is 6. The van der Waals surface area contributed by atoms with Crippen LogP contribution in [0, 0.1) is 11.6 Å². The molecule has 24 heavy (non-hydrogen) atoms. The van der Waals surface area contributed by atoms with Crippen molar-refractivity contribution < 1.29 is 18.3 Å². The van der Waals surface area contributed by atoms with Gasteiger partial charge in [-0.1, -0.05) is 0 Å². The molecular weight excluding hydrogens is 316 g/mol. The Hall–Kier alpha value is -2.44. The van der Waals surface area contributed by atoms with Crippen LogP contribution in [0.2, 0.25) is 0 Å². The number of aromatic nitrogens is 2. The molecule has 0 aliphatic carbocycles. The van der Waals surface area contributed by atoms with Crippen molar-refractivity contribution in [2.24, 2.45) is 7.05 Å². The maximum Gasteiger partial charge on any atom is 0.263 e. The first-order chi connectivity index (χ1) is 11.3. The van der Waals surface area contributed by atoms with Crippen molar-refractivity contribution in [1.82, 2.24) is 14.7 Å². The molecule has 2 rings (SSSR count). The highest BCUT2D eigenvalue weighted by Gasteiger charge is 2.25. The normalized spacial score (nSPS) is 12.3. The van der Waals surface area contributed by atoms with Crippen LogP contribution in [0.4, 0.5) is 8.78 Å². The lowest BCUT2D eigenvalue weighted by molar-refractivity contribution is -0.140. The van der Waals surface area contributed by atoms with E-state index in [1.54, 1.807) is 29.7 Å². The molecule has 7 heteroatoms. The lowest BCUT2D eigenvalue weighted by Gasteiger charge is -2.29. The van der Waals surface area contributed by atoms with Gasteiger partial charge in [-0.25, -0.2) is 8.78 Å². The molecule has 130 valence electrons. The van der Waals surface area contributed by atoms with Crippen LogP contribution >= 0.6 is 0 Å². The summed E-state index contributed by atoms with van der Waals surface area (Å²) in [7, 11) is 1.81. The van der Waals surface area contributed by atoms with Crippen LogP contribution < -0.4 is 4.74 Å². The first-order valence-corrected chi connectivity index (χ1v) is 7.67. The molecule has 1 aromatic heterocycles. The average molecular weight is 337 g/mol. The summed E-state index contributed by atoms with van der Waals surface area (Å²) < 4.78 is 33.3. The maximum absolute atomic E-state index is 13.2. The van der Waals surface area contributed by atoms with Gasteiger partial charge in [-0.15, -0.1) is 0 Å². The minimum atomic E-state index is -1.01. The fourth-order valence-electron chi connectivity index (χ4n) is 2.30. The van der Waals surface area contributed by atoms with Gasteiger partial charge in [0.2, 0.25) is 0 Å². The summed E-state index contributed by atoms with van der Waals surface area (Å²) in [5, 5.41) is 4.09. The SMILES string of the molecule is CC(C)N(Cc1cnn(C)c1)C(=O)[C@@H](C)Oc1ccc(F)c(F)c1. The zero-order chi connectivity index (χ0) is 17.9. The van der Waals surface area contributed by atoms with Gasteiger partial charge >= 0.3 is 0 Å². The zero-order valence-corrected chi connectivity index (χ0v) is 14.2. The monoisotopic (exact) mass is 337 g/mol. The Kier molecular flexibility index (Phi) is 5.54. The van der Waals surface area contributed by atoms with Gasteiger partial charge in [0.1, 0.15) is 5.75 Å². The fraction of sp³-hybridized carbons (Fsp3) is 0.412. The first-order valence-electron chi connectivity index (χ1n) is 7.67. The van der Waals surface area contributed by atoms with Crippen LogP contribution in [-0.4, -0.2) is 32.7 Å². The van der Waals surface area contributed by atoms with Crippen LogP contribution in [0.1, 0.15) is 26.3 Å².